The maximum Gasteiger partial charge on any atom is 0.417 e. The summed E-state index contributed by atoms with van der Waals surface area (Å²) in [6.07, 6.45) is -4.15. The largest absolute Gasteiger partial charge is 0.462 e. The number of alkyl halides is 3. The molecule has 0 aliphatic carbocycles. The zero-order valence-corrected chi connectivity index (χ0v) is 10.5. The number of benzene rings is 1. The fraction of sp³-hybridized carbons (Fsp3) is 0.385. The van der Waals surface area contributed by atoms with Crippen molar-refractivity contribution >= 4 is 12.3 Å². The zero-order chi connectivity index (χ0) is 14.6. The summed E-state index contributed by atoms with van der Waals surface area (Å²) in [6.45, 7) is 3.07. The Balaban J connectivity index is 3.55. The Morgan fingerprint density at radius 1 is 1.32 bits per heavy atom. The molecule has 19 heavy (non-hydrogen) atoms. The number of rotatable bonds is 4. The Morgan fingerprint density at radius 3 is 2.37 bits per heavy atom. The number of aldehydes is 1. The molecular weight excluding hydrogens is 261 g/mol. The highest BCUT2D eigenvalue weighted by Gasteiger charge is 2.37. The van der Waals surface area contributed by atoms with Crippen LogP contribution in [0.1, 0.15) is 45.7 Å². The van der Waals surface area contributed by atoms with E-state index in [1.807, 2.05) is 0 Å². The lowest BCUT2D eigenvalue weighted by Crippen LogP contribution is -2.18. The molecule has 0 bridgehead atoms. The number of esters is 1. The van der Waals surface area contributed by atoms with Gasteiger partial charge in [-0.1, -0.05) is 6.92 Å². The van der Waals surface area contributed by atoms with E-state index in [0.717, 1.165) is 6.07 Å². The molecule has 0 radical (unpaired) electrons. The third kappa shape index (κ3) is 3.33. The van der Waals surface area contributed by atoms with Crippen LogP contribution < -0.4 is 0 Å². The van der Waals surface area contributed by atoms with Crippen LogP contribution in [0.15, 0.2) is 12.1 Å². The molecule has 0 saturated carbocycles. The summed E-state index contributed by atoms with van der Waals surface area (Å²) in [4.78, 5) is 22.5. The number of ether oxygens (including phenoxy) is 1. The minimum atomic E-state index is -4.72. The van der Waals surface area contributed by atoms with E-state index >= 15 is 0 Å². The second-order valence-corrected chi connectivity index (χ2v) is 3.80. The van der Waals surface area contributed by atoms with Gasteiger partial charge in [0.25, 0.3) is 0 Å². The van der Waals surface area contributed by atoms with E-state index in [1.54, 1.807) is 6.92 Å². The van der Waals surface area contributed by atoms with E-state index in [0.29, 0.717) is 12.0 Å². The van der Waals surface area contributed by atoms with E-state index in [9.17, 15) is 22.8 Å². The lowest BCUT2D eigenvalue weighted by atomic mass is 9.96. The average Bonchev–Trinajstić information content (AvgIpc) is 2.36. The summed E-state index contributed by atoms with van der Waals surface area (Å²) in [5.41, 5.74) is -1.82. The molecule has 104 valence electrons. The monoisotopic (exact) mass is 274 g/mol. The first-order valence-electron chi connectivity index (χ1n) is 5.71. The fourth-order valence-corrected chi connectivity index (χ4v) is 1.68. The van der Waals surface area contributed by atoms with Crippen LogP contribution in [0.3, 0.4) is 0 Å². The number of carbonyl (C=O) groups excluding carboxylic acids is 2. The van der Waals surface area contributed by atoms with Crippen LogP contribution >= 0.6 is 0 Å². The number of hydrogen-bond donors (Lipinski definition) is 0. The van der Waals surface area contributed by atoms with Crippen LogP contribution in [0.5, 0.6) is 0 Å². The summed E-state index contributed by atoms with van der Waals surface area (Å²) in [6, 6.07) is 2.15. The van der Waals surface area contributed by atoms with Gasteiger partial charge in [-0.15, -0.1) is 0 Å². The molecule has 0 N–H and O–H groups in total. The van der Waals surface area contributed by atoms with Gasteiger partial charge in [0.2, 0.25) is 0 Å². The normalized spacial score (nSPS) is 11.2. The average molecular weight is 274 g/mol. The first-order valence-corrected chi connectivity index (χ1v) is 5.71. The van der Waals surface area contributed by atoms with Crippen LogP contribution in [-0.4, -0.2) is 18.9 Å². The Kier molecular flexibility index (Phi) is 4.69. The molecule has 6 heteroatoms. The SMILES string of the molecule is CCOC(=O)c1c(C=O)cc(CC)cc1C(F)(F)F. The van der Waals surface area contributed by atoms with Crippen molar-refractivity contribution in [3.05, 3.63) is 34.4 Å². The predicted molar refractivity (Wildman–Crippen MR) is 62.2 cm³/mol. The molecule has 0 amide bonds. The van der Waals surface area contributed by atoms with Crippen molar-refractivity contribution in [2.45, 2.75) is 26.4 Å². The Hall–Kier alpha value is -1.85. The molecule has 0 aliphatic rings. The van der Waals surface area contributed by atoms with Crippen LogP contribution in [0.2, 0.25) is 0 Å². The van der Waals surface area contributed by atoms with Gasteiger partial charge in [0, 0.05) is 5.56 Å². The Morgan fingerprint density at radius 2 is 1.95 bits per heavy atom. The van der Waals surface area contributed by atoms with Gasteiger partial charge in [-0.05, 0) is 31.0 Å². The van der Waals surface area contributed by atoms with Gasteiger partial charge < -0.3 is 4.74 Å². The highest BCUT2D eigenvalue weighted by Crippen LogP contribution is 2.34. The summed E-state index contributed by atoms with van der Waals surface area (Å²) in [7, 11) is 0. The number of carbonyl (C=O) groups is 2. The molecule has 0 unspecified atom stereocenters. The van der Waals surface area contributed by atoms with Crippen LogP contribution in [0.4, 0.5) is 13.2 Å². The van der Waals surface area contributed by atoms with Gasteiger partial charge in [0.15, 0.2) is 6.29 Å². The minimum Gasteiger partial charge on any atom is -0.462 e. The minimum absolute atomic E-state index is 0.0655. The molecule has 0 aromatic heterocycles. The lowest BCUT2D eigenvalue weighted by Gasteiger charge is -2.15. The molecule has 1 aromatic carbocycles. The first-order chi connectivity index (χ1) is 8.85. The van der Waals surface area contributed by atoms with Gasteiger partial charge in [0.1, 0.15) is 0 Å². The maximum absolute atomic E-state index is 13.0. The highest BCUT2D eigenvalue weighted by molar-refractivity contribution is 6.00. The molecule has 3 nitrogen and oxygen atoms in total. The van der Waals surface area contributed by atoms with E-state index < -0.39 is 23.3 Å². The van der Waals surface area contributed by atoms with Crippen molar-refractivity contribution in [2.24, 2.45) is 0 Å². The van der Waals surface area contributed by atoms with Crippen molar-refractivity contribution < 1.29 is 27.5 Å². The molecular formula is C13H13F3O3. The van der Waals surface area contributed by atoms with Crippen molar-refractivity contribution in [3.8, 4) is 0 Å². The van der Waals surface area contributed by atoms with Crippen molar-refractivity contribution in [3.63, 3.8) is 0 Å². The third-order valence-corrected chi connectivity index (χ3v) is 2.55. The van der Waals surface area contributed by atoms with Gasteiger partial charge in [0.05, 0.1) is 17.7 Å². The van der Waals surface area contributed by atoms with Crippen LogP contribution in [0, 0.1) is 0 Å². The summed E-state index contributed by atoms with van der Waals surface area (Å²) in [5.74, 6) is -1.14. The van der Waals surface area contributed by atoms with E-state index in [-0.39, 0.29) is 18.5 Å². The van der Waals surface area contributed by atoms with Crippen LogP contribution in [-0.2, 0) is 17.3 Å². The Labute approximate surface area is 108 Å². The number of aryl methyl sites for hydroxylation is 1. The second kappa shape index (κ2) is 5.86. The fourth-order valence-electron chi connectivity index (χ4n) is 1.68. The molecule has 0 saturated heterocycles. The summed E-state index contributed by atoms with van der Waals surface area (Å²) < 4.78 is 43.5. The standard InChI is InChI=1S/C13H13F3O3/c1-3-8-5-9(7-17)11(12(18)19-4-2)10(6-8)13(14,15)16/h5-7H,3-4H2,1-2H3. The van der Waals surface area contributed by atoms with Crippen molar-refractivity contribution in [2.75, 3.05) is 6.61 Å². The number of halogens is 3. The second-order valence-electron chi connectivity index (χ2n) is 3.80. The van der Waals surface area contributed by atoms with Gasteiger partial charge in [-0.2, -0.15) is 13.2 Å². The smallest absolute Gasteiger partial charge is 0.417 e. The van der Waals surface area contributed by atoms with Crippen molar-refractivity contribution in [1.82, 2.24) is 0 Å². The quantitative estimate of drug-likeness (QED) is 0.625. The molecule has 0 heterocycles. The zero-order valence-electron chi connectivity index (χ0n) is 10.5. The van der Waals surface area contributed by atoms with Gasteiger partial charge in [-0.3, -0.25) is 4.79 Å². The van der Waals surface area contributed by atoms with E-state index in [4.69, 9.17) is 0 Å². The molecule has 0 atom stereocenters. The molecule has 0 fully saturated rings. The summed E-state index contributed by atoms with van der Waals surface area (Å²) >= 11 is 0. The molecule has 1 aromatic rings. The summed E-state index contributed by atoms with van der Waals surface area (Å²) in [5, 5.41) is 0. The maximum atomic E-state index is 13.0. The molecule has 0 aliphatic heterocycles. The van der Waals surface area contributed by atoms with Gasteiger partial charge >= 0.3 is 12.1 Å². The van der Waals surface area contributed by atoms with Crippen molar-refractivity contribution in [1.29, 1.82) is 0 Å². The lowest BCUT2D eigenvalue weighted by molar-refractivity contribution is -0.138. The molecule has 1 rings (SSSR count). The van der Waals surface area contributed by atoms with Crippen LogP contribution in [0.25, 0.3) is 0 Å². The molecule has 0 spiro atoms. The van der Waals surface area contributed by atoms with E-state index in [2.05, 4.69) is 4.74 Å². The van der Waals surface area contributed by atoms with E-state index in [1.165, 1.54) is 13.0 Å². The third-order valence-electron chi connectivity index (χ3n) is 2.55. The Bertz CT molecular complexity index is 493. The number of hydrogen-bond acceptors (Lipinski definition) is 3. The predicted octanol–water partition coefficient (Wildman–Crippen LogP) is 3.26. The first kappa shape index (κ1) is 15.2. The highest BCUT2D eigenvalue weighted by atomic mass is 19.4. The topological polar surface area (TPSA) is 43.4 Å². The van der Waals surface area contributed by atoms with Gasteiger partial charge in [-0.25, -0.2) is 4.79 Å².